The lowest BCUT2D eigenvalue weighted by Gasteiger charge is -2.36. The van der Waals surface area contributed by atoms with Crippen LogP contribution in [0, 0.1) is 0 Å². The molecule has 0 aromatic carbocycles. The van der Waals surface area contributed by atoms with Crippen molar-refractivity contribution in [2.75, 3.05) is 13.6 Å². The maximum absolute atomic E-state index is 12.1. The van der Waals surface area contributed by atoms with Gasteiger partial charge in [0.05, 0.1) is 5.60 Å². The van der Waals surface area contributed by atoms with Crippen molar-refractivity contribution < 1.29 is 18.3 Å². The van der Waals surface area contributed by atoms with Crippen molar-refractivity contribution in [3.63, 3.8) is 0 Å². The van der Waals surface area contributed by atoms with Crippen LogP contribution in [0.25, 0.3) is 0 Å². The summed E-state index contributed by atoms with van der Waals surface area (Å²) >= 11 is 0. The lowest BCUT2D eigenvalue weighted by Crippen LogP contribution is -2.47. The van der Waals surface area contributed by atoms with Crippen LogP contribution in [0.1, 0.15) is 29.8 Å². The summed E-state index contributed by atoms with van der Waals surface area (Å²) in [7, 11) is -0.644. The van der Waals surface area contributed by atoms with Crippen molar-refractivity contribution in [2.45, 2.75) is 29.8 Å². The average molecular weight is 301 g/mol. The standard InChI is InChI=1S/C12H19N3O4S/c1-13-11(16)10-6-9(7-15(10)2)20(18,19)14-8-12(17)4-3-5-12/h6-7,14,17H,3-5,8H2,1-2H3,(H,13,16). The zero-order chi connectivity index (χ0) is 15.0. The van der Waals surface area contributed by atoms with Gasteiger partial charge in [0.15, 0.2) is 0 Å². The van der Waals surface area contributed by atoms with E-state index in [1.165, 1.54) is 23.9 Å². The Morgan fingerprint density at radius 2 is 2.15 bits per heavy atom. The Morgan fingerprint density at radius 1 is 1.50 bits per heavy atom. The monoisotopic (exact) mass is 301 g/mol. The molecule has 1 heterocycles. The first-order chi connectivity index (χ1) is 9.27. The summed E-state index contributed by atoms with van der Waals surface area (Å²) in [6.45, 7) is -0.000461. The molecule has 0 bridgehead atoms. The molecule has 20 heavy (non-hydrogen) atoms. The highest BCUT2D eigenvalue weighted by Gasteiger charge is 2.35. The van der Waals surface area contributed by atoms with Gasteiger partial charge in [-0.1, -0.05) is 0 Å². The van der Waals surface area contributed by atoms with Gasteiger partial charge in [0.2, 0.25) is 10.0 Å². The number of aryl methyl sites for hydroxylation is 1. The molecular formula is C12H19N3O4S. The molecule has 3 N–H and O–H groups in total. The summed E-state index contributed by atoms with van der Waals surface area (Å²) in [4.78, 5) is 11.6. The first-order valence-corrected chi connectivity index (χ1v) is 7.86. The van der Waals surface area contributed by atoms with Gasteiger partial charge in [-0.15, -0.1) is 0 Å². The van der Waals surface area contributed by atoms with Gasteiger partial charge in [-0.3, -0.25) is 4.79 Å². The van der Waals surface area contributed by atoms with E-state index in [4.69, 9.17) is 0 Å². The number of sulfonamides is 1. The van der Waals surface area contributed by atoms with Gasteiger partial charge in [-0.2, -0.15) is 0 Å². The molecule has 0 radical (unpaired) electrons. The molecule has 7 nitrogen and oxygen atoms in total. The normalized spacial score (nSPS) is 17.6. The van der Waals surface area contributed by atoms with E-state index < -0.39 is 15.6 Å². The zero-order valence-electron chi connectivity index (χ0n) is 11.5. The Kier molecular flexibility index (Phi) is 3.90. The summed E-state index contributed by atoms with van der Waals surface area (Å²) < 4.78 is 28.1. The molecule has 1 aliphatic rings. The van der Waals surface area contributed by atoms with Gasteiger partial charge in [0.25, 0.3) is 5.91 Å². The Bertz CT molecular complexity index is 617. The molecule has 0 unspecified atom stereocenters. The Balaban J connectivity index is 2.15. The quantitative estimate of drug-likeness (QED) is 0.687. The fraction of sp³-hybridized carbons (Fsp3) is 0.583. The lowest BCUT2D eigenvalue weighted by atomic mass is 9.81. The second kappa shape index (κ2) is 5.19. The van der Waals surface area contributed by atoms with Crippen LogP contribution in [0.5, 0.6) is 0 Å². The molecule has 0 saturated heterocycles. The molecule has 1 aliphatic carbocycles. The number of aliphatic hydroxyl groups is 1. The second-order valence-electron chi connectivity index (χ2n) is 5.15. The highest BCUT2D eigenvalue weighted by Crippen LogP contribution is 2.31. The van der Waals surface area contributed by atoms with Gasteiger partial charge in [0, 0.05) is 26.8 Å². The summed E-state index contributed by atoms with van der Waals surface area (Å²) in [5.74, 6) is -0.355. The van der Waals surface area contributed by atoms with E-state index in [1.807, 2.05) is 0 Å². The van der Waals surface area contributed by atoms with Crippen molar-refractivity contribution in [1.29, 1.82) is 0 Å². The minimum atomic E-state index is -3.72. The van der Waals surface area contributed by atoms with Crippen LogP contribution in [0.3, 0.4) is 0 Å². The number of nitrogens with one attached hydrogen (secondary N) is 2. The second-order valence-corrected chi connectivity index (χ2v) is 6.92. The van der Waals surface area contributed by atoms with Crippen LogP contribution >= 0.6 is 0 Å². The molecule has 0 aliphatic heterocycles. The van der Waals surface area contributed by atoms with E-state index in [2.05, 4.69) is 10.0 Å². The number of carbonyl (C=O) groups excluding carboxylic acids is 1. The van der Waals surface area contributed by atoms with Crippen molar-refractivity contribution in [3.8, 4) is 0 Å². The van der Waals surface area contributed by atoms with Crippen molar-refractivity contribution in [2.24, 2.45) is 7.05 Å². The third-order valence-corrected chi connectivity index (χ3v) is 4.99. The summed E-state index contributed by atoms with van der Waals surface area (Å²) in [6, 6.07) is 1.31. The number of nitrogens with zero attached hydrogens (tertiary/aromatic N) is 1. The van der Waals surface area contributed by atoms with Crippen LogP contribution in [0.15, 0.2) is 17.2 Å². The van der Waals surface area contributed by atoms with Crippen LogP contribution < -0.4 is 10.0 Å². The smallest absolute Gasteiger partial charge is 0.267 e. The number of hydrogen-bond donors (Lipinski definition) is 3. The molecule has 1 amide bonds. The van der Waals surface area contributed by atoms with Gasteiger partial charge < -0.3 is 15.0 Å². The fourth-order valence-corrected chi connectivity index (χ4v) is 3.30. The maximum atomic E-state index is 12.1. The predicted octanol–water partition coefficient (Wildman–Crippen LogP) is -0.422. The Labute approximate surface area is 118 Å². The molecule has 1 fully saturated rings. The van der Waals surface area contributed by atoms with E-state index in [9.17, 15) is 18.3 Å². The molecule has 112 valence electrons. The van der Waals surface area contributed by atoms with Crippen LogP contribution in [-0.4, -0.2) is 43.2 Å². The third-order valence-electron chi connectivity index (χ3n) is 3.63. The number of carbonyl (C=O) groups is 1. The van der Waals surface area contributed by atoms with Crippen molar-refractivity contribution >= 4 is 15.9 Å². The van der Waals surface area contributed by atoms with E-state index in [-0.39, 0.29) is 23.0 Å². The summed E-state index contributed by atoms with van der Waals surface area (Å²) in [6.07, 6.45) is 3.49. The SMILES string of the molecule is CNC(=O)c1cc(S(=O)(=O)NCC2(O)CCC2)cn1C. The first kappa shape index (κ1) is 15.0. The van der Waals surface area contributed by atoms with Gasteiger partial charge in [-0.25, -0.2) is 13.1 Å². The van der Waals surface area contributed by atoms with Crippen molar-refractivity contribution in [3.05, 3.63) is 18.0 Å². The van der Waals surface area contributed by atoms with E-state index in [0.717, 1.165) is 6.42 Å². The molecule has 1 aromatic rings. The van der Waals surface area contributed by atoms with Crippen molar-refractivity contribution in [1.82, 2.24) is 14.6 Å². The number of hydrogen-bond acceptors (Lipinski definition) is 4. The summed E-state index contributed by atoms with van der Waals surface area (Å²) in [5, 5.41) is 12.4. The first-order valence-electron chi connectivity index (χ1n) is 6.38. The lowest BCUT2D eigenvalue weighted by molar-refractivity contribution is -0.0270. The largest absolute Gasteiger partial charge is 0.389 e. The number of amides is 1. The third kappa shape index (κ3) is 2.87. The highest BCUT2D eigenvalue weighted by atomic mass is 32.2. The van der Waals surface area contributed by atoms with Crippen LogP contribution in [0.2, 0.25) is 0 Å². The number of rotatable bonds is 5. The molecule has 1 aromatic heterocycles. The van der Waals surface area contributed by atoms with E-state index in [0.29, 0.717) is 12.8 Å². The Morgan fingerprint density at radius 3 is 2.65 bits per heavy atom. The molecule has 8 heteroatoms. The number of aromatic nitrogens is 1. The maximum Gasteiger partial charge on any atom is 0.267 e. The molecule has 0 spiro atoms. The minimum absolute atomic E-state index is 0.000461. The van der Waals surface area contributed by atoms with E-state index in [1.54, 1.807) is 7.05 Å². The summed E-state index contributed by atoms with van der Waals surface area (Å²) in [5.41, 5.74) is -0.666. The topological polar surface area (TPSA) is 100 Å². The molecular weight excluding hydrogens is 282 g/mol. The van der Waals surface area contributed by atoms with Gasteiger partial charge >= 0.3 is 0 Å². The minimum Gasteiger partial charge on any atom is -0.389 e. The molecule has 0 atom stereocenters. The van der Waals surface area contributed by atoms with Crippen LogP contribution in [0.4, 0.5) is 0 Å². The highest BCUT2D eigenvalue weighted by molar-refractivity contribution is 7.89. The Hall–Kier alpha value is -1.38. The van der Waals surface area contributed by atoms with E-state index >= 15 is 0 Å². The van der Waals surface area contributed by atoms with Crippen LogP contribution in [-0.2, 0) is 17.1 Å². The van der Waals surface area contributed by atoms with Gasteiger partial charge in [-0.05, 0) is 25.3 Å². The molecule has 1 saturated carbocycles. The van der Waals surface area contributed by atoms with Gasteiger partial charge in [0.1, 0.15) is 10.6 Å². The molecule has 2 rings (SSSR count). The fourth-order valence-electron chi connectivity index (χ4n) is 2.11. The average Bonchev–Trinajstić information content (AvgIpc) is 2.76. The zero-order valence-corrected chi connectivity index (χ0v) is 12.3. The predicted molar refractivity (Wildman–Crippen MR) is 72.8 cm³/mol.